The van der Waals surface area contributed by atoms with Crippen LogP contribution in [0.3, 0.4) is 0 Å². The maximum absolute atomic E-state index is 10.5. The molecule has 2 unspecified atom stereocenters. The number of aldehydes is 1. The quantitative estimate of drug-likeness (QED) is 0.710. The molecule has 1 aromatic carbocycles. The minimum Gasteiger partial charge on any atom is -0.396 e. The first-order chi connectivity index (χ1) is 6.35. The molecule has 2 nitrogen and oxygen atoms in total. The van der Waals surface area contributed by atoms with E-state index in [0.717, 1.165) is 18.3 Å². The van der Waals surface area contributed by atoms with Gasteiger partial charge in [-0.25, -0.2) is 0 Å². The molecule has 1 fully saturated rings. The maximum atomic E-state index is 10.5. The van der Waals surface area contributed by atoms with Crippen LogP contribution >= 0.6 is 0 Å². The molecule has 2 atom stereocenters. The summed E-state index contributed by atoms with van der Waals surface area (Å²) in [6.07, 6.45) is 1.92. The molecule has 0 bridgehead atoms. The lowest BCUT2D eigenvalue weighted by Gasteiger charge is -1.99. The van der Waals surface area contributed by atoms with Crippen molar-refractivity contribution < 1.29 is 9.90 Å². The van der Waals surface area contributed by atoms with E-state index >= 15 is 0 Å². The van der Waals surface area contributed by atoms with E-state index < -0.39 is 0 Å². The Hall–Kier alpha value is -1.15. The highest BCUT2D eigenvalue weighted by molar-refractivity contribution is 5.75. The molecule has 0 saturated heterocycles. The molecule has 2 rings (SSSR count). The van der Waals surface area contributed by atoms with Crippen molar-refractivity contribution in [3.8, 4) is 0 Å². The van der Waals surface area contributed by atoms with Crippen LogP contribution in [0.15, 0.2) is 24.3 Å². The van der Waals surface area contributed by atoms with Gasteiger partial charge < -0.3 is 5.11 Å². The van der Waals surface area contributed by atoms with E-state index in [9.17, 15) is 4.79 Å². The first-order valence-electron chi connectivity index (χ1n) is 4.51. The summed E-state index contributed by atoms with van der Waals surface area (Å²) in [5.74, 6) is 0.895. The van der Waals surface area contributed by atoms with E-state index in [2.05, 4.69) is 0 Å². The molecule has 1 saturated carbocycles. The molecule has 0 aromatic heterocycles. The molecule has 1 aliphatic carbocycles. The normalized spacial score (nSPS) is 25.6. The second-order valence-electron chi connectivity index (χ2n) is 3.57. The van der Waals surface area contributed by atoms with Gasteiger partial charge in [-0.05, 0) is 29.9 Å². The largest absolute Gasteiger partial charge is 0.396 e. The number of carbonyl (C=O) groups excluding carboxylic acids is 1. The van der Waals surface area contributed by atoms with Crippen LogP contribution in [0, 0.1) is 5.92 Å². The monoisotopic (exact) mass is 176 g/mol. The number of benzene rings is 1. The van der Waals surface area contributed by atoms with E-state index in [1.807, 2.05) is 18.2 Å². The lowest BCUT2D eigenvalue weighted by Crippen LogP contribution is -1.89. The van der Waals surface area contributed by atoms with Crippen LogP contribution in [-0.2, 0) is 0 Å². The van der Waals surface area contributed by atoms with Crippen molar-refractivity contribution in [2.75, 3.05) is 6.61 Å². The average Bonchev–Trinajstić information content (AvgIpc) is 2.97. The molecule has 1 N–H and O–H groups in total. The van der Waals surface area contributed by atoms with E-state index in [0.29, 0.717) is 11.8 Å². The van der Waals surface area contributed by atoms with Gasteiger partial charge in [0.05, 0.1) is 0 Å². The number of carbonyl (C=O) groups is 1. The smallest absolute Gasteiger partial charge is 0.150 e. The zero-order chi connectivity index (χ0) is 9.26. The minimum absolute atomic E-state index is 0.260. The van der Waals surface area contributed by atoms with Crippen molar-refractivity contribution in [2.24, 2.45) is 5.92 Å². The minimum atomic E-state index is 0.260. The third-order valence-corrected chi connectivity index (χ3v) is 2.63. The van der Waals surface area contributed by atoms with Crippen LogP contribution in [0.4, 0.5) is 0 Å². The summed E-state index contributed by atoms with van der Waals surface area (Å²) in [5.41, 5.74) is 1.91. The van der Waals surface area contributed by atoms with Gasteiger partial charge in [0.25, 0.3) is 0 Å². The van der Waals surface area contributed by atoms with Crippen molar-refractivity contribution >= 4 is 6.29 Å². The molecule has 13 heavy (non-hydrogen) atoms. The van der Waals surface area contributed by atoms with Crippen molar-refractivity contribution in [3.05, 3.63) is 35.4 Å². The molecule has 0 amide bonds. The van der Waals surface area contributed by atoms with E-state index in [4.69, 9.17) is 5.11 Å². The van der Waals surface area contributed by atoms with Crippen LogP contribution in [0.1, 0.15) is 28.3 Å². The van der Waals surface area contributed by atoms with Crippen LogP contribution in [-0.4, -0.2) is 18.0 Å². The second-order valence-corrected chi connectivity index (χ2v) is 3.57. The Kier molecular flexibility index (Phi) is 2.15. The van der Waals surface area contributed by atoms with E-state index in [1.54, 1.807) is 6.07 Å². The Morgan fingerprint density at radius 3 is 3.00 bits per heavy atom. The average molecular weight is 176 g/mol. The Bertz CT molecular complexity index is 320. The highest BCUT2D eigenvalue weighted by Crippen LogP contribution is 2.46. The van der Waals surface area contributed by atoms with Crippen LogP contribution in [0.2, 0.25) is 0 Å². The Balaban J connectivity index is 2.17. The van der Waals surface area contributed by atoms with Crippen molar-refractivity contribution in [1.29, 1.82) is 0 Å². The molecular weight excluding hydrogens is 164 g/mol. The fourth-order valence-electron chi connectivity index (χ4n) is 1.72. The number of hydrogen-bond acceptors (Lipinski definition) is 2. The van der Waals surface area contributed by atoms with Gasteiger partial charge in [-0.1, -0.05) is 18.2 Å². The summed E-state index contributed by atoms with van der Waals surface area (Å²) < 4.78 is 0. The molecule has 0 heterocycles. The fourth-order valence-corrected chi connectivity index (χ4v) is 1.72. The summed E-state index contributed by atoms with van der Waals surface area (Å²) in [4.78, 5) is 10.5. The van der Waals surface area contributed by atoms with Gasteiger partial charge in [0.15, 0.2) is 0 Å². The van der Waals surface area contributed by atoms with Crippen LogP contribution < -0.4 is 0 Å². The SMILES string of the molecule is O=Cc1cccc(C2CC2CO)c1. The molecule has 1 aliphatic rings. The van der Waals surface area contributed by atoms with Gasteiger partial charge in [-0.15, -0.1) is 0 Å². The zero-order valence-corrected chi connectivity index (χ0v) is 7.31. The summed E-state index contributed by atoms with van der Waals surface area (Å²) in [6.45, 7) is 0.260. The van der Waals surface area contributed by atoms with Gasteiger partial charge in [-0.2, -0.15) is 0 Å². The van der Waals surface area contributed by atoms with Gasteiger partial charge in [0.2, 0.25) is 0 Å². The summed E-state index contributed by atoms with van der Waals surface area (Å²) in [7, 11) is 0. The summed E-state index contributed by atoms with van der Waals surface area (Å²) >= 11 is 0. The lowest BCUT2D eigenvalue weighted by molar-refractivity contribution is 0.112. The number of aliphatic hydroxyl groups is 1. The number of aliphatic hydroxyl groups excluding tert-OH is 1. The summed E-state index contributed by atoms with van der Waals surface area (Å²) in [5, 5.41) is 8.89. The topological polar surface area (TPSA) is 37.3 Å². The van der Waals surface area contributed by atoms with Crippen molar-refractivity contribution in [3.63, 3.8) is 0 Å². The molecule has 0 radical (unpaired) electrons. The van der Waals surface area contributed by atoms with E-state index in [1.165, 1.54) is 5.56 Å². The molecular formula is C11H12O2. The zero-order valence-electron chi connectivity index (χ0n) is 7.31. The number of hydrogen-bond donors (Lipinski definition) is 1. The highest BCUT2D eigenvalue weighted by atomic mass is 16.3. The van der Waals surface area contributed by atoms with Crippen LogP contribution in [0.5, 0.6) is 0 Å². The van der Waals surface area contributed by atoms with Crippen LogP contribution in [0.25, 0.3) is 0 Å². The molecule has 0 aliphatic heterocycles. The van der Waals surface area contributed by atoms with Crippen molar-refractivity contribution in [1.82, 2.24) is 0 Å². The van der Waals surface area contributed by atoms with Gasteiger partial charge in [-0.3, -0.25) is 4.79 Å². The second kappa shape index (κ2) is 3.30. The Morgan fingerprint density at radius 2 is 2.38 bits per heavy atom. The molecule has 1 aromatic rings. The van der Waals surface area contributed by atoms with E-state index in [-0.39, 0.29) is 6.61 Å². The first kappa shape index (κ1) is 8.45. The third kappa shape index (κ3) is 1.63. The highest BCUT2D eigenvalue weighted by Gasteiger charge is 2.37. The maximum Gasteiger partial charge on any atom is 0.150 e. The predicted molar refractivity (Wildman–Crippen MR) is 49.8 cm³/mol. The van der Waals surface area contributed by atoms with Gasteiger partial charge in [0, 0.05) is 12.2 Å². The fraction of sp³-hybridized carbons (Fsp3) is 0.364. The molecule has 68 valence electrons. The number of rotatable bonds is 3. The predicted octanol–water partition coefficient (Wildman–Crippen LogP) is 1.59. The third-order valence-electron chi connectivity index (χ3n) is 2.63. The molecule has 0 spiro atoms. The van der Waals surface area contributed by atoms with Gasteiger partial charge in [0.1, 0.15) is 6.29 Å². The Labute approximate surface area is 77.2 Å². The van der Waals surface area contributed by atoms with Crippen molar-refractivity contribution in [2.45, 2.75) is 12.3 Å². The molecule has 2 heteroatoms. The summed E-state index contributed by atoms with van der Waals surface area (Å²) in [6, 6.07) is 7.62. The lowest BCUT2D eigenvalue weighted by atomic mass is 10.1. The standard InChI is InChI=1S/C11H12O2/c12-6-8-2-1-3-9(4-8)11-5-10(11)7-13/h1-4,6,10-11,13H,5,7H2. The first-order valence-corrected chi connectivity index (χ1v) is 4.51. The van der Waals surface area contributed by atoms with Gasteiger partial charge >= 0.3 is 0 Å². The Morgan fingerprint density at radius 1 is 1.54 bits per heavy atom.